The van der Waals surface area contributed by atoms with Crippen LogP contribution in [0.25, 0.3) is 0 Å². The Labute approximate surface area is 156 Å². The van der Waals surface area contributed by atoms with E-state index in [0.29, 0.717) is 0 Å². The highest BCUT2D eigenvalue weighted by molar-refractivity contribution is 6.31. The van der Waals surface area contributed by atoms with Crippen LogP contribution in [0.1, 0.15) is 5.56 Å². The molecule has 0 aliphatic rings. The maximum atomic E-state index is 13.7. The molecule has 0 aliphatic heterocycles. The number of carbonyl (C=O) groups excluding carboxylic acids is 1. The molecule has 0 aromatic heterocycles. The first-order chi connectivity index (χ1) is 12.7. The lowest BCUT2D eigenvalue weighted by molar-refractivity contribution is -0.137. The second-order valence-corrected chi connectivity index (χ2v) is 5.83. The van der Waals surface area contributed by atoms with Crippen LogP contribution < -0.4 is 15.4 Å². The molecule has 0 aliphatic carbocycles. The van der Waals surface area contributed by atoms with Gasteiger partial charge in [-0.2, -0.15) is 13.2 Å². The minimum absolute atomic E-state index is 0.0747. The van der Waals surface area contributed by atoms with Gasteiger partial charge in [0.2, 0.25) is 0 Å². The van der Waals surface area contributed by atoms with E-state index in [4.69, 9.17) is 16.3 Å². The standard InChI is InChI=1S/C17H15ClF4N2O3/c18-13-5-2-6-14(15(13)19)24-16(26)23-8-11(25)9-27-12-4-1-3-10(7-12)17(20,21)22/h1-7,11,25H,8-9H2,(H2,23,24,26). The molecule has 0 saturated carbocycles. The number of aliphatic hydroxyl groups excluding tert-OH is 1. The van der Waals surface area contributed by atoms with Crippen molar-refractivity contribution in [2.45, 2.75) is 12.3 Å². The van der Waals surface area contributed by atoms with Crippen molar-refractivity contribution in [3.05, 3.63) is 58.9 Å². The molecule has 10 heteroatoms. The summed E-state index contributed by atoms with van der Waals surface area (Å²) in [5.41, 5.74) is -1.02. The fourth-order valence-corrected chi connectivity index (χ4v) is 2.17. The van der Waals surface area contributed by atoms with Crippen LogP contribution in [-0.4, -0.2) is 30.4 Å². The summed E-state index contributed by atoms with van der Waals surface area (Å²) >= 11 is 5.59. The third kappa shape index (κ3) is 6.30. The molecule has 2 aromatic carbocycles. The molecule has 2 rings (SSSR count). The molecule has 1 unspecified atom stereocenters. The molecule has 5 nitrogen and oxygen atoms in total. The highest BCUT2D eigenvalue weighted by Gasteiger charge is 2.30. The van der Waals surface area contributed by atoms with E-state index in [9.17, 15) is 27.5 Å². The van der Waals surface area contributed by atoms with Gasteiger partial charge in [-0.05, 0) is 30.3 Å². The number of alkyl halides is 3. The Kier molecular flexibility index (Phi) is 6.86. The van der Waals surface area contributed by atoms with Crippen LogP contribution in [0.3, 0.4) is 0 Å². The van der Waals surface area contributed by atoms with Crippen molar-refractivity contribution >= 4 is 23.3 Å². The van der Waals surface area contributed by atoms with Gasteiger partial charge in [0.25, 0.3) is 0 Å². The number of benzene rings is 2. The number of nitrogens with one attached hydrogen (secondary N) is 2. The maximum Gasteiger partial charge on any atom is 0.416 e. The fourth-order valence-electron chi connectivity index (χ4n) is 1.99. The number of hydrogen-bond donors (Lipinski definition) is 3. The molecular formula is C17H15ClF4N2O3. The Morgan fingerprint density at radius 1 is 1.22 bits per heavy atom. The molecule has 27 heavy (non-hydrogen) atoms. The van der Waals surface area contributed by atoms with E-state index in [1.54, 1.807) is 0 Å². The first-order valence-corrected chi connectivity index (χ1v) is 8.01. The lowest BCUT2D eigenvalue weighted by Crippen LogP contribution is -2.37. The Hall–Kier alpha value is -2.52. The summed E-state index contributed by atoms with van der Waals surface area (Å²) in [5.74, 6) is -0.878. The second-order valence-electron chi connectivity index (χ2n) is 5.43. The first kappa shape index (κ1) is 20.8. The summed E-state index contributed by atoms with van der Waals surface area (Å²) in [4.78, 5) is 11.7. The zero-order valence-electron chi connectivity index (χ0n) is 13.7. The van der Waals surface area contributed by atoms with Crippen LogP contribution in [-0.2, 0) is 6.18 Å². The predicted molar refractivity (Wildman–Crippen MR) is 91.4 cm³/mol. The zero-order chi connectivity index (χ0) is 20.0. The molecule has 3 N–H and O–H groups in total. The summed E-state index contributed by atoms with van der Waals surface area (Å²) in [6.07, 6.45) is -5.71. The number of carbonyl (C=O) groups is 1. The summed E-state index contributed by atoms with van der Waals surface area (Å²) < 4.78 is 56.6. The van der Waals surface area contributed by atoms with Crippen molar-refractivity contribution in [3.8, 4) is 5.75 Å². The average molecular weight is 407 g/mol. The molecule has 1 atom stereocenters. The molecular weight excluding hydrogens is 392 g/mol. The van der Waals surface area contributed by atoms with Crippen LogP contribution in [0.4, 0.5) is 28.0 Å². The quantitative estimate of drug-likeness (QED) is 0.634. The van der Waals surface area contributed by atoms with E-state index in [1.807, 2.05) is 0 Å². The normalized spacial score (nSPS) is 12.4. The van der Waals surface area contributed by atoms with Crippen molar-refractivity contribution < 1.29 is 32.2 Å². The number of rotatable bonds is 6. The lowest BCUT2D eigenvalue weighted by atomic mass is 10.2. The van der Waals surface area contributed by atoms with Gasteiger partial charge < -0.3 is 20.5 Å². The Balaban J connectivity index is 1.80. The minimum atomic E-state index is -4.51. The maximum absolute atomic E-state index is 13.7. The van der Waals surface area contributed by atoms with Crippen molar-refractivity contribution in [1.82, 2.24) is 5.32 Å². The molecule has 0 saturated heterocycles. The zero-order valence-corrected chi connectivity index (χ0v) is 14.4. The second kappa shape index (κ2) is 8.92. The summed E-state index contributed by atoms with van der Waals surface area (Å²) in [5, 5.41) is 14.1. The summed E-state index contributed by atoms with van der Waals surface area (Å²) in [7, 11) is 0. The monoisotopic (exact) mass is 406 g/mol. The van der Waals surface area contributed by atoms with Crippen molar-refractivity contribution in [2.24, 2.45) is 0 Å². The average Bonchev–Trinajstić information content (AvgIpc) is 2.61. The molecule has 2 amide bonds. The summed E-state index contributed by atoms with van der Waals surface area (Å²) in [6.45, 7) is -0.625. The molecule has 0 bridgehead atoms. The predicted octanol–water partition coefficient (Wildman–Crippen LogP) is 4.06. The number of amides is 2. The van der Waals surface area contributed by atoms with Gasteiger partial charge in [0, 0.05) is 6.54 Å². The van der Waals surface area contributed by atoms with Crippen LogP contribution in [0.2, 0.25) is 5.02 Å². The fraction of sp³-hybridized carbons (Fsp3) is 0.235. The molecule has 146 valence electrons. The van der Waals surface area contributed by atoms with Gasteiger partial charge in [-0.25, -0.2) is 9.18 Å². The molecule has 0 heterocycles. The van der Waals surface area contributed by atoms with Gasteiger partial charge in [-0.15, -0.1) is 0 Å². The molecule has 2 aromatic rings. The van der Waals surface area contributed by atoms with Crippen molar-refractivity contribution in [3.63, 3.8) is 0 Å². The van der Waals surface area contributed by atoms with Gasteiger partial charge in [-0.1, -0.05) is 23.7 Å². The van der Waals surface area contributed by atoms with E-state index in [-0.39, 0.29) is 29.6 Å². The number of anilines is 1. The summed E-state index contributed by atoms with van der Waals surface area (Å²) in [6, 6.07) is 7.44. The number of hydrogen-bond acceptors (Lipinski definition) is 3. The third-order valence-electron chi connectivity index (χ3n) is 3.30. The Bertz CT molecular complexity index is 802. The van der Waals surface area contributed by atoms with Gasteiger partial charge in [-0.3, -0.25) is 0 Å². The lowest BCUT2D eigenvalue weighted by Gasteiger charge is -2.15. The number of urea groups is 1. The molecule has 0 fully saturated rings. The number of halogens is 5. The number of ether oxygens (including phenoxy) is 1. The molecule has 0 spiro atoms. The smallest absolute Gasteiger partial charge is 0.416 e. The Morgan fingerprint density at radius 3 is 2.63 bits per heavy atom. The first-order valence-electron chi connectivity index (χ1n) is 7.64. The SMILES string of the molecule is O=C(NCC(O)COc1cccc(C(F)(F)F)c1)Nc1cccc(Cl)c1F. The van der Waals surface area contributed by atoms with Crippen molar-refractivity contribution in [2.75, 3.05) is 18.5 Å². The van der Waals surface area contributed by atoms with Crippen LogP contribution in [0.15, 0.2) is 42.5 Å². The van der Waals surface area contributed by atoms with E-state index in [0.717, 1.165) is 12.1 Å². The van der Waals surface area contributed by atoms with Gasteiger partial charge in [0.1, 0.15) is 18.5 Å². The van der Waals surface area contributed by atoms with Crippen molar-refractivity contribution in [1.29, 1.82) is 0 Å². The van der Waals surface area contributed by atoms with E-state index in [2.05, 4.69) is 10.6 Å². The topological polar surface area (TPSA) is 70.6 Å². The van der Waals surface area contributed by atoms with Crippen LogP contribution in [0.5, 0.6) is 5.75 Å². The van der Waals surface area contributed by atoms with E-state index in [1.165, 1.54) is 30.3 Å². The van der Waals surface area contributed by atoms with Crippen LogP contribution in [0, 0.1) is 5.82 Å². The minimum Gasteiger partial charge on any atom is -0.491 e. The highest BCUT2D eigenvalue weighted by Crippen LogP contribution is 2.31. The van der Waals surface area contributed by atoms with E-state index < -0.39 is 29.7 Å². The van der Waals surface area contributed by atoms with Gasteiger partial charge >= 0.3 is 12.2 Å². The Morgan fingerprint density at radius 2 is 1.93 bits per heavy atom. The highest BCUT2D eigenvalue weighted by atomic mass is 35.5. The van der Waals surface area contributed by atoms with Gasteiger partial charge in [0.15, 0.2) is 5.82 Å². The van der Waals surface area contributed by atoms with Gasteiger partial charge in [0.05, 0.1) is 16.3 Å². The number of aliphatic hydroxyl groups is 1. The van der Waals surface area contributed by atoms with E-state index >= 15 is 0 Å². The third-order valence-corrected chi connectivity index (χ3v) is 3.59. The molecule has 0 radical (unpaired) electrons. The largest absolute Gasteiger partial charge is 0.491 e. The van der Waals surface area contributed by atoms with Crippen LogP contribution >= 0.6 is 11.6 Å².